The Morgan fingerprint density at radius 1 is 1.25 bits per heavy atom. The van der Waals surface area contributed by atoms with Crippen LogP contribution < -0.4 is 0 Å². The van der Waals surface area contributed by atoms with Crippen LogP contribution in [0.5, 0.6) is 0 Å². The van der Waals surface area contributed by atoms with E-state index >= 15 is 0 Å². The highest BCUT2D eigenvalue weighted by atomic mass is 15.3. The van der Waals surface area contributed by atoms with E-state index in [9.17, 15) is 0 Å². The molecule has 16 heavy (non-hydrogen) atoms. The van der Waals surface area contributed by atoms with Gasteiger partial charge in [0.15, 0.2) is 0 Å². The Labute approximate surface area is 96.9 Å². The topological polar surface area (TPSA) is 17.8 Å². The van der Waals surface area contributed by atoms with Crippen LogP contribution in [0.4, 0.5) is 0 Å². The monoisotopic (exact) mass is 214 g/mol. The number of nitrogens with zero attached hydrogens (tertiary/aromatic N) is 2. The average molecular weight is 214 g/mol. The first-order valence-corrected chi connectivity index (χ1v) is 5.82. The first kappa shape index (κ1) is 10.9. The van der Waals surface area contributed by atoms with Crippen LogP contribution in [-0.4, -0.2) is 9.78 Å². The van der Waals surface area contributed by atoms with E-state index in [0.717, 1.165) is 12.1 Å². The van der Waals surface area contributed by atoms with Gasteiger partial charge in [0.05, 0.1) is 11.7 Å². The number of aromatic nitrogens is 2. The predicted molar refractivity (Wildman–Crippen MR) is 66.6 cm³/mol. The fourth-order valence-electron chi connectivity index (χ4n) is 1.95. The Bertz CT molecular complexity index is 457. The van der Waals surface area contributed by atoms with Gasteiger partial charge in [-0.1, -0.05) is 37.3 Å². The highest BCUT2D eigenvalue weighted by molar-refractivity contribution is 5.21. The molecule has 2 aromatic rings. The van der Waals surface area contributed by atoms with Crippen molar-refractivity contribution in [3.05, 3.63) is 53.3 Å². The SMILES string of the molecule is CCc1cn([C@@H](C)c2ccccc2)nc1C. The maximum absolute atomic E-state index is 4.57. The Morgan fingerprint density at radius 3 is 2.50 bits per heavy atom. The lowest BCUT2D eigenvalue weighted by atomic mass is 10.1. The molecule has 0 amide bonds. The molecule has 2 rings (SSSR count). The van der Waals surface area contributed by atoms with Gasteiger partial charge in [-0.05, 0) is 31.4 Å². The van der Waals surface area contributed by atoms with Gasteiger partial charge in [-0.15, -0.1) is 0 Å². The Morgan fingerprint density at radius 2 is 1.94 bits per heavy atom. The smallest absolute Gasteiger partial charge is 0.0740 e. The van der Waals surface area contributed by atoms with Crippen LogP contribution in [0.25, 0.3) is 0 Å². The van der Waals surface area contributed by atoms with E-state index in [1.54, 1.807) is 0 Å². The summed E-state index contributed by atoms with van der Waals surface area (Å²) in [6.07, 6.45) is 3.21. The zero-order valence-corrected chi connectivity index (χ0v) is 10.1. The van der Waals surface area contributed by atoms with E-state index in [0.29, 0.717) is 6.04 Å². The van der Waals surface area contributed by atoms with Gasteiger partial charge in [-0.3, -0.25) is 4.68 Å². The molecule has 1 aromatic carbocycles. The zero-order chi connectivity index (χ0) is 11.5. The summed E-state index contributed by atoms with van der Waals surface area (Å²) >= 11 is 0. The minimum Gasteiger partial charge on any atom is -0.265 e. The number of aryl methyl sites for hydroxylation is 2. The molecule has 0 aliphatic heterocycles. The molecule has 0 fully saturated rings. The van der Waals surface area contributed by atoms with Gasteiger partial charge in [0.1, 0.15) is 0 Å². The highest BCUT2D eigenvalue weighted by Gasteiger charge is 2.10. The van der Waals surface area contributed by atoms with Crippen molar-refractivity contribution in [2.75, 3.05) is 0 Å². The zero-order valence-electron chi connectivity index (χ0n) is 10.1. The lowest BCUT2D eigenvalue weighted by Crippen LogP contribution is -2.07. The molecule has 1 atom stereocenters. The molecule has 0 aliphatic rings. The van der Waals surface area contributed by atoms with Crippen LogP contribution in [0.2, 0.25) is 0 Å². The number of hydrogen-bond donors (Lipinski definition) is 0. The molecule has 1 heterocycles. The van der Waals surface area contributed by atoms with Crippen molar-refractivity contribution in [1.29, 1.82) is 0 Å². The maximum atomic E-state index is 4.57. The largest absolute Gasteiger partial charge is 0.265 e. The van der Waals surface area contributed by atoms with E-state index in [4.69, 9.17) is 0 Å². The fraction of sp³-hybridized carbons (Fsp3) is 0.357. The summed E-state index contributed by atoms with van der Waals surface area (Å²) in [6, 6.07) is 10.8. The summed E-state index contributed by atoms with van der Waals surface area (Å²) in [4.78, 5) is 0. The van der Waals surface area contributed by atoms with Crippen molar-refractivity contribution < 1.29 is 0 Å². The van der Waals surface area contributed by atoms with Gasteiger partial charge in [-0.2, -0.15) is 5.10 Å². The van der Waals surface area contributed by atoms with Crippen molar-refractivity contribution in [1.82, 2.24) is 9.78 Å². The summed E-state index contributed by atoms with van der Waals surface area (Å²) in [5, 5.41) is 4.57. The van der Waals surface area contributed by atoms with Crippen molar-refractivity contribution in [2.24, 2.45) is 0 Å². The molecule has 2 nitrogen and oxygen atoms in total. The standard InChI is InChI=1S/C14H18N2/c1-4-13-10-16(15-11(13)2)12(3)14-8-6-5-7-9-14/h5-10,12H,4H2,1-3H3/t12-/m0/s1. The normalized spacial score (nSPS) is 12.7. The molecule has 2 heteroatoms. The van der Waals surface area contributed by atoms with Crippen LogP contribution in [-0.2, 0) is 6.42 Å². The van der Waals surface area contributed by atoms with Crippen LogP contribution in [0.1, 0.15) is 36.7 Å². The third-order valence-corrected chi connectivity index (χ3v) is 3.08. The van der Waals surface area contributed by atoms with Crippen LogP contribution in [0.15, 0.2) is 36.5 Å². The second kappa shape index (κ2) is 4.52. The molecule has 84 valence electrons. The highest BCUT2D eigenvalue weighted by Crippen LogP contribution is 2.18. The van der Waals surface area contributed by atoms with Gasteiger partial charge < -0.3 is 0 Å². The third-order valence-electron chi connectivity index (χ3n) is 3.08. The molecule has 1 aromatic heterocycles. The van der Waals surface area contributed by atoms with Crippen molar-refractivity contribution in [3.8, 4) is 0 Å². The summed E-state index contributed by atoms with van der Waals surface area (Å²) in [5.41, 5.74) is 3.78. The summed E-state index contributed by atoms with van der Waals surface area (Å²) in [5.74, 6) is 0. The summed E-state index contributed by atoms with van der Waals surface area (Å²) in [6.45, 7) is 6.43. The molecule has 0 saturated heterocycles. The van der Waals surface area contributed by atoms with E-state index in [1.165, 1.54) is 11.1 Å². The van der Waals surface area contributed by atoms with Gasteiger partial charge >= 0.3 is 0 Å². The Balaban J connectivity index is 2.31. The molecular formula is C14H18N2. The average Bonchev–Trinajstić information content (AvgIpc) is 2.71. The van der Waals surface area contributed by atoms with E-state index in [1.807, 2.05) is 6.07 Å². The van der Waals surface area contributed by atoms with Crippen molar-refractivity contribution in [2.45, 2.75) is 33.2 Å². The minimum absolute atomic E-state index is 0.306. The first-order valence-electron chi connectivity index (χ1n) is 5.82. The molecule has 0 spiro atoms. The molecular weight excluding hydrogens is 196 g/mol. The van der Waals surface area contributed by atoms with Crippen molar-refractivity contribution >= 4 is 0 Å². The second-order valence-electron chi connectivity index (χ2n) is 4.16. The quantitative estimate of drug-likeness (QED) is 0.766. The third kappa shape index (κ3) is 2.01. The number of rotatable bonds is 3. The van der Waals surface area contributed by atoms with Gasteiger partial charge in [-0.25, -0.2) is 0 Å². The van der Waals surface area contributed by atoms with Gasteiger partial charge in [0, 0.05) is 6.20 Å². The van der Waals surface area contributed by atoms with Crippen LogP contribution in [0, 0.1) is 6.92 Å². The lowest BCUT2D eigenvalue weighted by molar-refractivity contribution is 0.560. The molecule has 0 radical (unpaired) electrons. The predicted octanol–water partition coefficient (Wildman–Crippen LogP) is 3.36. The number of benzene rings is 1. The van der Waals surface area contributed by atoms with Crippen molar-refractivity contribution in [3.63, 3.8) is 0 Å². The molecule has 0 aliphatic carbocycles. The lowest BCUT2D eigenvalue weighted by Gasteiger charge is -2.12. The van der Waals surface area contributed by atoms with Crippen LogP contribution in [0.3, 0.4) is 0 Å². The Hall–Kier alpha value is -1.57. The van der Waals surface area contributed by atoms with E-state index < -0.39 is 0 Å². The van der Waals surface area contributed by atoms with E-state index in [-0.39, 0.29) is 0 Å². The fourth-order valence-corrected chi connectivity index (χ4v) is 1.95. The Kier molecular flexibility index (Phi) is 3.09. The molecule has 0 N–H and O–H groups in total. The number of hydrogen-bond acceptors (Lipinski definition) is 1. The molecule has 0 unspecified atom stereocenters. The van der Waals surface area contributed by atoms with Gasteiger partial charge in [0.25, 0.3) is 0 Å². The minimum atomic E-state index is 0.306. The van der Waals surface area contributed by atoms with E-state index in [2.05, 4.69) is 61.0 Å². The summed E-state index contributed by atoms with van der Waals surface area (Å²) < 4.78 is 2.06. The van der Waals surface area contributed by atoms with Gasteiger partial charge in [0.2, 0.25) is 0 Å². The molecule has 0 bridgehead atoms. The van der Waals surface area contributed by atoms with Crippen LogP contribution >= 0.6 is 0 Å². The summed E-state index contributed by atoms with van der Waals surface area (Å²) in [7, 11) is 0. The maximum Gasteiger partial charge on any atom is 0.0740 e. The second-order valence-corrected chi connectivity index (χ2v) is 4.16. The molecule has 0 saturated carbocycles. The first-order chi connectivity index (χ1) is 7.72.